The number of aryl methyl sites for hydroxylation is 1. The van der Waals surface area contributed by atoms with Crippen LogP contribution in [0.15, 0.2) is 48.9 Å². The molecule has 1 aliphatic heterocycles. The average molecular weight is 499 g/mol. The van der Waals surface area contributed by atoms with Gasteiger partial charge in [-0.2, -0.15) is 0 Å². The predicted octanol–water partition coefficient (Wildman–Crippen LogP) is 5.10. The van der Waals surface area contributed by atoms with Gasteiger partial charge in [-0.1, -0.05) is 12.1 Å². The Hall–Kier alpha value is -3.23. The van der Waals surface area contributed by atoms with Gasteiger partial charge in [-0.15, -0.1) is 0 Å². The second kappa shape index (κ2) is 7.88. The number of rotatable bonds is 6. The summed E-state index contributed by atoms with van der Waals surface area (Å²) < 4.78 is 15.4. The van der Waals surface area contributed by atoms with Crippen molar-refractivity contribution in [3.63, 3.8) is 0 Å². The number of anilines is 2. The number of ether oxygens (including phenoxy) is 2. The maximum Gasteiger partial charge on any atom is 0.163 e. The molecule has 192 valence electrons. The number of nitrogen functional groups attached to an aromatic ring is 1. The van der Waals surface area contributed by atoms with Crippen LogP contribution in [0.1, 0.15) is 52.1 Å². The molecular formula is C29H34N6O2. The lowest BCUT2D eigenvalue weighted by molar-refractivity contribution is -0.161. The third-order valence-corrected chi connectivity index (χ3v) is 8.56. The van der Waals surface area contributed by atoms with Crippen LogP contribution in [-0.2, 0) is 15.9 Å². The molecule has 4 heterocycles. The van der Waals surface area contributed by atoms with Crippen LogP contribution in [0.4, 0.5) is 11.6 Å². The molecule has 1 saturated heterocycles. The molecule has 0 spiro atoms. The van der Waals surface area contributed by atoms with Crippen molar-refractivity contribution in [2.75, 3.05) is 11.1 Å². The summed E-state index contributed by atoms with van der Waals surface area (Å²) in [5.41, 5.74) is 9.46. The van der Waals surface area contributed by atoms with Crippen molar-refractivity contribution >= 4 is 33.6 Å². The molecule has 37 heavy (non-hydrogen) atoms. The van der Waals surface area contributed by atoms with Crippen molar-refractivity contribution in [1.29, 1.82) is 0 Å². The van der Waals surface area contributed by atoms with E-state index in [1.54, 1.807) is 6.33 Å². The quantitative estimate of drug-likeness (QED) is 0.382. The fourth-order valence-corrected chi connectivity index (χ4v) is 6.94. The van der Waals surface area contributed by atoms with Crippen molar-refractivity contribution < 1.29 is 9.47 Å². The molecule has 5 atom stereocenters. The Bertz CT molecular complexity index is 1510. The van der Waals surface area contributed by atoms with Crippen LogP contribution in [0.2, 0.25) is 0 Å². The Morgan fingerprint density at radius 2 is 1.97 bits per heavy atom. The maximum atomic E-state index is 6.59. The van der Waals surface area contributed by atoms with Crippen LogP contribution in [0.5, 0.6) is 0 Å². The number of hydrogen-bond acceptors (Lipinski definition) is 7. The smallest absolute Gasteiger partial charge is 0.163 e. The lowest BCUT2D eigenvalue weighted by atomic mass is 9.91. The van der Waals surface area contributed by atoms with Crippen LogP contribution in [-0.4, -0.2) is 43.6 Å². The van der Waals surface area contributed by atoms with Crippen LogP contribution < -0.4 is 11.1 Å². The Labute approximate surface area is 216 Å². The molecular weight excluding hydrogens is 464 g/mol. The molecule has 3 fully saturated rings. The Morgan fingerprint density at radius 1 is 1.14 bits per heavy atom. The monoisotopic (exact) mass is 498 g/mol. The molecule has 7 rings (SSSR count). The van der Waals surface area contributed by atoms with Gasteiger partial charge in [-0.05, 0) is 82.7 Å². The number of nitrogens with zero attached hydrogens (tertiary/aromatic N) is 4. The first-order chi connectivity index (χ1) is 17.7. The van der Waals surface area contributed by atoms with Gasteiger partial charge in [-0.25, -0.2) is 15.0 Å². The molecule has 0 bridgehead atoms. The normalized spacial score (nSPS) is 29.6. The van der Waals surface area contributed by atoms with E-state index in [1.807, 2.05) is 19.9 Å². The van der Waals surface area contributed by atoms with E-state index in [4.69, 9.17) is 20.2 Å². The van der Waals surface area contributed by atoms with E-state index < -0.39 is 5.79 Å². The molecule has 2 aliphatic carbocycles. The second-order valence-electron chi connectivity index (χ2n) is 11.8. The minimum absolute atomic E-state index is 0.0107. The summed E-state index contributed by atoms with van der Waals surface area (Å²) in [4.78, 5) is 13.6. The molecule has 3 aromatic heterocycles. The van der Waals surface area contributed by atoms with E-state index in [0.29, 0.717) is 17.8 Å². The first kappa shape index (κ1) is 22.9. The first-order valence-corrected chi connectivity index (χ1v) is 13.3. The summed E-state index contributed by atoms with van der Waals surface area (Å²) in [6.45, 7) is 8.31. The summed E-state index contributed by atoms with van der Waals surface area (Å²) >= 11 is 0. The highest BCUT2D eigenvalue weighted by Gasteiger charge is 2.75. The molecule has 4 aromatic rings. The number of aromatic nitrogens is 4. The van der Waals surface area contributed by atoms with Crippen LogP contribution >= 0.6 is 0 Å². The van der Waals surface area contributed by atoms with Gasteiger partial charge in [0.2, 0.25) is 0 Å². The van der Waals surface area contributed by atoms with Crippen LogP contribution in [0.3, 0.4) is 0 Å². The third-order valence-electron chi connectivity index (χ3n) is 8.56. The fraction of sp³-hybridized carbons (Fsp3) is 0.483. The van der Waals surface area contributed by atoms with Crippen LogP contribution in [0.25, 0.3) is 21.9 Å². The van der Waals surface area contributed by atoms with Crippen molar-refractivity contribution in [3.8, 4) is 0 Å². The van der Waals surface area contributed by atoms with Gasteiger partial charge in [-0.3, -0.25) is 0 Å². The Kier molecular flexibility index (Phi) is 4.89. The fourth-order valence-electron chi connectivity index (χ4n) is 6.94. The lowest BCUT2D eigenvalue weighted by Crippen LogP contribution is -2.32. The molecule has 0 amide bonds. The largest absolute Gasteiger partial charge is 0.383 e. The highest BCUT2D eigenvalue weighted by atomic mass is 16.8. The molecule has 8 nitrogen and oxygen atoms in total. The predicted molar refractivity (Wildman–Crippen MR) is 144 cm³/mol. The van der Waals surface area contributed by atoms with E-state index in [0.717, 1.165) is 47.0 Å². The minimum Gasteiger partial charge on any atom is -0.383 e. The zero-order chi connectivity index (χ0) is 25.5. The van der Waals surface area contributed by atoms with Gasteiger partial charge in [0.15, 0.2) is 5.79 Å². The molecule has 0 unspecified atom stereocenters. The lowest BCUT2D eigenvalue weighted by Gasteiger charge is -2.24. The molecule has 8 heteroatoms. The van der Waals surface area contributed by atoms with E-state index in [9.17, 15) is 0 Å². The summed E-state index contributed by atoms with van der Waals surface area (Å²) in [5, 5.41) is 5.47. The van der Waals surface area contributed by atoms with Crippen molar-refractivity contribution in [3.05, 3.63) is 54.5 Å². The zero-order valence-electron chi connectivity index (χ0n) is 21.8. The molecule has 2 saturated carbocycles. The van der Waals surface area contributed by atoms with Gasteiger partial charge in [0, 0.05) is 23.0 Å². The summed E-state index contributed by atoms with van der Waals surface area (Å²) in [6.07, 6.45) is 6.87. The van der Waals surface area contributed by atoms with E-state index in [1.165, 1.54) is 5.56 Å². The Morgan fingerprint density at radius 3 is 2.81 bits per heavy atom. The standard InChI is InChI=1S/C29H34N6O2/c1-16(2)33-22-8-7-18-6-5-17(13-21(18)34-22)9-11-29-14-20(29)23(24-25(29)37-28(3,4)36-24)35-12-10-19-26(30)31-15-32-27(19)35/h5-8,10,12-13,15-16,20,23-25H,9,11,14H2,1-4H3,(H,33,34)(H2,30,31,32)/t20-,23-,24+,25+,29-/m1/s1. The summed E-state index contributed by atoms with van der Waals surface area (Å²) in [6, 6.07) is 13.4. The number of pyridine rings is 1. The number of nitrogens with one attached hydrogen (secondary N) is 1. The highest BCUT2D eigenvalue weighted by molar-refractivity contribution is 5.86. The number of hydrogen-bond donors (Lipinski definition) is 2. The first-order valence-electron chi connectivity index (χ1n) is 13.3. The molecule has 1 aromatic carbocycles. The van der Waals surface area contributed by atoms with Gasteiger partial charge >= 0.3 is 0 Å². The van der Waals surface area contributed by atoms with Gasteiger partial charge in [0.25, 0.3) is 0 Å². The van der Waals surface area contributed by atoms with Gasteiger partial charge in [0.1, 0.15) is 29.7 Å². The van der Waals surface area contributed by atoms with E-state index in [2.05, 4.69) is 70.2 Å². The summed E-state index contributed by atoms with van der Waals surface area (Å²) in [7, 11) is 0. The topological polar surface area (TPSA) is 100 Å². The van der Waals surface area contributed by atoms with Gasteiger partial charge in [0.05, 0.1) is 23.0 Å². The summed E-state index contributed by atoms with van der Waals surface area (Å²) in [5.74, 6) is 1.31. The second-order valence-corrected chi connectivity index (χ2v) is 11.8. The number of benzene rings is 1. The van der Waals surface area contributed by atoms with Crippen molar-refractivity contribution in [2.45, 2.75) is 77.0 Å². The number of fused-ring (bicyclic) bond motifs is 5. The molecule has 3 N–H and O–H groups in total. The maximum absolute atomic E-state index is 6.59. The number of nitrogens with two attached hydrogens (primary N) is 1. The third kappa shape index (κ3) is 3.61. The average Bonchev–Trinajstić information content (AvgIpc) is 3.10. The molecule has 3 aliphatic rings. The minimum atomic E-state index is -0.599. The van der Waals surface area contributed by atoms with E-state index in [-0.39, 0.29) is 23.7 Å². The van der Waals surface area contributed by atoms with Crippen molar-refractivity contribution in [1.82, 2.24) is 19.5 Å². The highest BCUT2D eigenvalue weighted by Crippen LogP contribution is 2.73. The van der Waals surface area contributed by atoms with Gasteiger partial charge < -0.3 is 25.1 Å². The van der Waals surface area contributed by atoms with E-state index >= 15 is 0 Å². The van der Waals surface area contributed by atoms with Crippen LogP contribution in [0, 0.1) is 11.3 Å². The Balaban J connectivity index is 1.18. The SMILES string of the molecule is CC(C)Nc1ccc2ccc(CC[C@@]34C[C@@H]3[C@@H](n3ccc5c(N)ncnc53)[C@@H]3OC(C)(C)O[C@@H]34)cc2n1. The zero-order valence-corrected chi connectivity index (χ0v) is 21.8. The molecule has 0 radical (unpaired) electrons. The van der Waals surface area contributed by atoms with Crippen molar-refractivity contribution in [2.24, 2.45) is 11.3 Å².